The molecule has 2 saturated heterocycles. The number of carbonyl (C=O) groups excluding carboxylic acids is 1. The predicted molar refractivity (Wildman–Crippen MR) is 80.9 cm³/mol. The Kier molecular flexibility index (Phi) is 4.66. The molecule has 2 aliphatic heterocycles. The fourth-order valence-corrected chi connectivity index (χ4v) is 3.38. The van der Waals surface area contributed by atoms with E-state index in [9.17, 15) is 9.18 Å². The van der Waals surface area contributed by atoms with E-state index in [2.05, 4.69) is 14.9 Å². The molecular formula is C16H23FN4O. The molecule has 0 radical (unpaired) electrons. The van der Waals surface area contributed by atoms with E-state index in [0.717, 1.165) is 43.9 Å². The third kappa shape index (κ3) is 3.43. The summed E-state index contributed by atoms with van der Waals surface area (Å²) in [5.74, 6) is 0.0406. The van der Waals surface area contributed by atoms with Gasteiger partial charge in [0.05, 0.1) is 18.1 Å². The van der Waals surface area contributed by atoms with Crippen LogP contribution in [0.15, 0.2) is 12.4 Å². The van der Waals surface area contributed by atoms with Crippen molar-refractivity contribution in [3.8, 4) is 0 Å². The summed E-state index contributed by atoms with van der Waals surface area (Å²) in [6, 6.07) is 0.282. The number of piperidine rings is 1. The van der Waals surface area contributed by atoms with Crippen molar-refractivity contribution in [1.29, 1.82) is 0 Å². The van der Waals surface area contributed by atoms with E-state index >= 15 is 0 Å². The largest absolute Gasteiger partial charge is 0.339 e. The normalized spacial score (nSPS) is 24.2. The first-order chi connectivity index (χ1) is 10.7. The molecule has 0 bridgehead atoms. The van der Waals surface area contributed by atoms with Gasteiger partial charge in [0, 0.05) is 57.0 Å². The van der Waals surface area contributed by atoms with Crippen molar-refractivity contribution in [2.24, 2.45) is 5.92 Å². The smallest absolute Gasteiger partial charge is 0.223 e. The zero-order valence-corrected chi connectivity index (χ0v) is 13.0. The van der Waals surface area contributed by atoms with Crippen LogP contribution in [0.3, 0.4) is 0 Å². The lowest BCUT2D eigenvalue weighted by molar-refractivity contribution is -0.130. The number of halogens is 1. The molecule has 2 aliphatic rings. The van der Waals surface area contributed by atoms with E-state index in [0.29, 0.717) is 13.0 Å². The second kappa shape index (κ2) is 6.69. The Hall–Kier alpha value is -1.56. The summed E-state index contributed by atoms with van der Waals surface area (Å²) in [7, 11) is 0. The minimum absolute atomic E-state index is 0.0895. The molecule has 1 atom stereocenters. The Labute approximate surface area is 130 Å². The van der Waals surface area contributed by atoms with Crippen LogP contribution >= 0.6 is 0 Å². The van der Waals surface area contributed by atoms with Gasteiger partial charge in [0.25, 0.3) is 0 Å². The van der Waals surface area contributed by atoms with Gasteiger partial charge in [-0.05, 0) is 19.8 Å². The first-order valence-electron chi connectivity index (χ1n) is 8.01. The minimum atomic E-state index is -0.382. The van der Waals surface area contributed by atoms with Crippen LogP contribution in [0.1, 0.15) is 30.7 Å². The second-order valence-electron chi connectivity index (χ2n) is 6.43. The van der Waals surface area contributed by atoms with Gasteiger partial charge in [-0.2, -0.15) is 0 Å². The maximum atomic E-state index is 12.7. The molecule has 0 N–H and O–H groups in total. The maximum Gasteiger partial charge on any atom is 0.223 e. The summed E-state index contributed by atoms with van der Waals surface area (Å²) in [5.41, 5.74) is 1.91. The van der Waals surface area contributed by atoms with Gasteiger partial charge in [-0.3, -0.25) is 24.1 Å². The number of aryl methyl sites for hydroxylation is 1. The molecule has 0 aliphatic carbocycles. The van der Waals surface area contributed by atoms with Crippen molar-refractivity contribution in [3.05, 3.63) is 23.8 Å². The molecule has 1 amide bonds. The van der Waals surface area contributed by atoms with Gasteiger partial charge in [-0.25, -0.2) is 0 Å². The number of alkyl halides is 1. The van der Waals surface area contributed by atoms with Crippen molar-refractivity contribution >= 4 is 5.91 Å². The van der Waals surface area contributed by atoms with Crippen molar-refractivity contribution < 1.29 is 9.18 Å². The number of nitrogens with zero attached hydrogens (tertiary/aromatic N) is 4. The molecular weight excluding hydrogens is 283 g/mol. The van der Waals surface area contributed by atoms with Crippen LogP contribution in [-0.4, -0.2) is 58.0 Å². The fraction of sp³-hybridized carbons (Fsp3) is 0.688. The standard InChI is InChI=1S/C16H23FN4O/c1-12-8-19-14(9-18-12)11-20-4-2-15(3-5-20)21-10-13(7-17)6-16(21)22/h8-9,13,15H,2-7,10-11H2,1H3. The Morgan fingerprint density at radius 3 is 2.64 bits per heavy atom. The van der Waals surface area contributed by atoms with Gasteiger partial charge < -0.3 is 4.90 Å². The highest BCUT2D eigenvalue weighted by atomic mass is 19.1. The number of hydrogen-bond acceptors (Lipinski definition) is 4. The average molecular weight is 306 g/mol. The summed E-state index contributed by atoms with van der Waals surface area (Å²) < 4.78 is 12.7. The SMILES string of the molecule is Cc1cnc(CN2CCC(N3CC(CF)CC3=O)CC2)cn1. The molecule has 0 aromatic carbocycles. The van der Waals surface area contributed by atoms with Gasteiger partial charge in [-0.15, -0.1) is 0 Å². The highest BCUT2D eigenvalue weighted by Gasteiger charge is 2.35. The highest BCUT2D eigenvalue weighted by Crippen LogP contribution is 2.26. The number of hydrogen-bond donors (Lipinski definition) is 0. The number of amides is 1. The first-order valence-corrected chi connectivity index (χ1v) is 8.01. The lowest BCUT2D eigenvalue weighted by Crippen LogP contribution is -2.45. The number of carbonyl (C=O) groups is 1. The fourth-order valence-electron chi connectivity index (χ4n) is 3.38. The average Bonchev–Trinajstić information content (AvgIpc) is 2.91. The zero-order chi connectivity index (χ0) is 15.5. The summed E-state index contributed by atoms with van der Waals surface area (Å²) in [6.45, 7) is 4.85. The monoisotopic (exact) mass is 306 g/mol. The highest BCUT2D eigenvalue weighted by molar-refractivity contribution is 5.79. The van der Waals surface area contributed by atoms with Crippen molar-refractivity contribution in [2.45, 2.75) is 38.8 Å². The summed E-state index contributed by atoms with van der Waals surface area (Å²) in [6.07, 6.45) is 5.93. The first kappa shape index (κ1) is 15.3. The predicted octanol–water partition coefficient (Wildman–Crippen LogP) is 1.57. The summed E-state index contributed by atoms with van der Waals surface area (Å²) in [4.78, 5) is 24.9. The Bertz CT molecular complexity index is 513. The van der Waals surface area contributed by atoms with Crippen molar-refractivity contribution in [2.75, 3.05) is 26.3 Å². The molecule has 1 unspecified atom stereocenters. The zero-order valence-electron chi connectivity index (χ0n) is 13.0. The minimum Gasteiger partial charge on any atom is -0.339 e. The molecule has 120 valence electrons. The van der Waals surface area contributed by atoms with E-state index in [1.807, 2.05) is 18.0 Å². The molecule has 1 aromatic heterocycles. The second-order valence-corrected chi connectivity index (χ2v) is 6.43. The molecule has 0 saturated carbocycles. The third-order valence-electron chi connectivity index (χ3n) is 4.67. The maximum absolute atomic E-state index is 12.7. The Balaban J connectivity index is 1.50. The van der Waals surface area contributed by atoms with Crippen LogP contribution in [0.25, 0.3) is 0 Å². The van der Waals surface area contributed by atoms with E-state index < -0.39 is 0 Å². The molecule has 1 aromatic rings. The van der Waals surface area contributed by atoms with Gasteiger partial charge in [0.15, 0.2) is 0 Å². The number of aromatic nitrogens is 2. The summed E-state index contributed by atoms with van der Waals surface area (Å²) >= 11 is 0. The van der Waals surface area contributed by atoms with E-state index in [-0.39, 0.29) is 24.5 Å². The van der Waals surface area contributed by atoms with Crippen LogP contribution in [0, 0.1) is 12.8 Å². The summed E-state index contributed by atoms with van der Waals surface area (Å²) in [5, 5.41) is 0. The molecule has 3 rings (SSSR count). The molecule has 22 heavy (non-hydrogen) atoms. The Morgan fingerprint density at radius 1 is 1.27 bits per heavy atom. The molecule has 5 nitrogen and oxygen atoms in total. The van der Waals surface area contributed by atoms with E-state index in [4.69, 9.17) is 0 Å². The molecule has 0 spiro atoms. The number of likely N-dealkylation sites (tertiary alicyclic amines) is 2. The van der Waals surface area contributed by atoms with Crippen LogP contribution in [-0.2, 0) is 11.3 Å². The quantitative estimate of drug-likeness (QED) is 0.847. The van der Waals surface area contributed by atoms with Crippen LogP contribution in [0.2, 0.25) is 0 Å². The lowest BCUT2D eigenvalue weighted by Gasteiger charge is -2.36. The molecule has 2 fully saturated rings. The van der Waals surface area contributed by atoms with Crippen molar-refractivity contribution in [1.82, 2.24) is 19.8 Å². The van der Waals surface area contributed by atoms with E-state index in [1.54, 1.807) is 6.20 Å². The number of rotatable bonds is 4. The van der Waals surface area contributed by atoms with Gasteiger partial charge in [-0.1, -0.05) is 0 Å². The lowest BCUT2D eigenvalue weighted by atomic mass is 10.0. The third-order valence-corrected chi connectivity index (χ3v) is 4.67. The van der Waals surface area contributed by atoms with Crippen molar-refractivity contribution in [3.63, 3.8) is 0 Å². The van der Waals surface area contributed by atoms with Gasteiger partial charge in [0.1, 0.15) is 0 Å². The van der Waals surface area contributed by atoms with E-state index in [1.165, 1.54) is 0 Å². The van der Waals surface area contributed by atoms with Gasteiger partial charge in [0.2, 0.25) is 5.91 Å². The molecule has 6 heteroatoms. The van der Waals surface area contributed by atoms with Crippen LogP contribution < -0.4 is 0 Å². The van der Waals surface area contributed by atoms with Crippen LogP contribution in [0.5, 0.6) is 0 Å². The van der Waals surface area contributed by atoms with Crippen LogP contribution in [0.4, 0.5) is 4.39 Å². The molecule has 3 heterocycles. The van der Waals surface area contributed by atoms with Gasteiger partial charge >= 0.3 is 0 Å². The topological polar surface area (TPSA) is 49.3 Å². The Morgan fingerprint density at radius 2 is 2.05 bits per heavy atom.